The number of rotatable bonds is 2. The molecule has 0 aliphatic carbocycles. The third-order valence-corrected chi connectivity index (χ3v) is 3.63. The molecule has 1 aliphatic rings. The lowest BCUT2D eigenvalue weighted by Gasteiger charge is -2.25. The molecule has 0 bridgehead atoms. The summed E-state index contributed by atoms with van der Waals surface area (Å²) in [4.78, 5) is 2.47. The maximum atomic E-state index is 6.12. The van der Waals surface area contributed by atoms with Gasteiger partial charge in [0, 0.05) is 30.2 Å². The highest BCUT2D eigenvalue weighted by Gasteiger charge is 2.32. The first-order valence-electron chi connectivity index (χ1n) is 6.14. The van der Waals surface area contributed by atoms with Crippen LogP contribution >= 0.6 is 0 Å². The molecule has 0 saturated carbocycles. The Bertz CT molecular complexity index is 382. The zero-order valence-corrected chi connectivity index (χ0v) is 10.7. The van der Waals surface area contributed by atoms with Gasteiger partial charge in [0.2, 0.25) is 0 Å². The van der Waals surface area contributed by atoms with E-state index in [0.717, 1.165) is 6.54 Å². The van der Waals surface area contributed by atoms with Crippen molar-refractivity contribution in [3.05, 3.63) is 29.3 Å². The van der Waals surface area contributed by atoms with Crippen molar-refractivity contribution in [2.75, 3.05) is 11.4 Å². The summed E-state index contributed by atoms with van der Waals surface area (Å²) in [6, 6.07) is 7.34. The Morgan fingerprint density at radius 3 is 2.56 bits per heavy atom. The van der Waals surface area contributed by atoms with Gasteiger partial charge in [-0.3, -0.25) is 0 Å². The molecule has 2 N–H and O–H groups in total. The van der Waals surface area contributed by atoms with Gasteiger partial charge in [-0.2, -0.15) is 0 Å². The van der Waals surface area contributed by atoms with Gasteiger partial charge in [-0.05, 0) is 44.9 Å². The highest BCUT2D eigenvalue weighted by atomic mass is 15.2. The Morgan fingerprint density at radius 1 is 1.31 bits per heavy atom. The van der Waals surface area contributed by atoms with E-state index in [1.54, 1.807) is 0 Å². The Hall–Kier alpha value is -1.02. The van der Waals surface area contributed by atoms with E-state index in [1.807, 2.05) is 0 Å². The van der Waals surface area contributed by atoms with Crippen LogP contribution in [0.5, 0.6) is 0 Å². The molecule has 0 amide bonds. The van der Waals surface area contributed by atoms with Crippen LogP contribution in [0, 0.1) is 6.92 Å². The van der Waals surface area contributed by atoms with Crippen molar-refractivity contribution in [1.29, 1.82) is 0 Å². The monoisotopic (exact) mass is 218 g/mol. The molecule has 1 aliphatic heterocycles. The lowest BCUT2D eigenvalue weighted by molar-refractivity contribution is 0.564. The molecule has 1 aromatic rings. The number of nitrogens with zero attached hydrogens (tertiary/aromatic N) is 1. The van der Waals surface area contributed by atoms with Crippen molar-refractivity contribution < 1.29 is 0 Å². The Labute approximate surface area is 98.4 Å². The van der Waals surface area contributed by atoms with Crippen LogP contribution in [0.25, 0.3) is 0 Å². The summed E-state index contributed by atoms with van der Waals surface area (Å²) in [7, 11) is 0. The number of fused-ring (bicyclic) bond motifs is 1. The molecular formula is C14H22N2. The highest BCUT2D eigenvalue weighted by Crippen LogP contribution is 2.40. The van der Waals surface area contributed by atoms with Crippen molar-refractivity contribution in [2.24, 2.45) is 5.73 Å². The summed E-state index contributed by atoms with van der Waals surface area (Å²) >= 11 is 0. The van der Waals surface area contributed by atoms with Gasteiger partial charge in [-0.15, -0.1) is 0 Å². The summed E-state index contributed by atoms with van der Waals surface area (Å²) < 4.78 is 0. The molecule has 2 rings (SSSR count). The molecule has 2 nitrogen and oxygen atoms in total. The topological polar surface area (TPSA) is 29.3 Å². The average molecular weight is 218 g/mol. The van der Waals surface area contributed by atoms with E-state index in [1.165, 1.54) is 16.8 Å². The summed E-state index contributed by atoms with van der Waals surface area (Å²) in [5, 5.41) is 0. The number of anilines is 1. The number of hydrogen-bond acceptors (Lipinski definition) is 2. The third-order valence-electron chi connectivity index (χ3n) is 3.63. The van der Waals surface area contributed by atoms with Gasteiger partial charge >= 0.3 is 0 Å². The lowest BCUT2D eigenvalue weighted by Crippen LogP contribution is -2.33. The molecule has 1 aromatic carbocycles. The van der Waals surface area contributed by atoms with E-state index in [-0.39, 0.29) is 6.04 Å². The van der Waals surface area contributed by atoms with E-state index in [9.17, 15) is 0 Å². The smallest absolute Gasteiger partial charge is 0.0408 e. The fourth-order valence-electron chi connectivity index (χ4n) is 2.72. The fourth-order valence-corrected chi connectivity index (χ4v) is 2.72. The Morgan fingerprint density at radius 2 is 2.00 bits per heavy atom. The van der Waals surface area contributed by atoms with Crippen LogP contribution in [0.3, 0.4) is 0 Å². The second kappa shape index (κ2) is 4.10. The zero-order chi connectivity index (χ0) is 11.9. The maximum Gasteiger partial charge on any atom is 0.0408 e. The van der Waals surface area contributed by atoms with Gasteiger partial charge in [0.25, 0.3) is 0 Å². The van der Waals surface area contributed by atoms with Crippen LogP contribution in [-0.2, 0) is 0 Å². The molecule has 2 heteroatoms. The van der Waals surface area contributed by atoms with Crippen molar-refractivity contribution >= 4 is 5.69 Å². The molecule has 0 saturated heterocycles. The van der Waals surface area contributed by atoms with Crippen molar-refractivity contribution in [3.63, 3.8) is 0 Å². The molecule has 2 atom stereocenters. The second-order valence-electron chi connectivity index (χ2n) is 5.22. The van der Waals surface area contributed by atoms with Gasteiger partial charge in [-0.1, -0.05) is 12.1 Å². The van der Waals surface area contributed by atoms with Gasteiger partial charge < -0.3 is 10.6 Å². The quantitative estimate of drug-likeness (QED) is 0.827. The minimum atomic E-state index is 0.226. The number of nitrogens with two attached hydrogens (primary N) is 1. The largest absolute Gasteiger partial charge is 0.368 e. The predicted octanol–water partition coefficient (Wildman–Crippen LogP) is 2.65. The molecule has 1 heterocycles. The van der Waals surface area contributed by atoms with Crippen molar-refractivity contribution in [3.8, 4) is 0 Å². The Kier molecular flexibility index (Phi) is 2.94. The molecular weight excluding hydrogens is 196 g/mol. The molecule has 2 unspecified atom stereocenters. The van der Waals surface area contributed by atoms with Crippen LogP contribution in [0.1, 0.15) is 37.8 Å². The van der Waals surface area contributed by atoms with E-state index >= 15 is 0 Å². The minimum Gasteiger partial charge on any atom is -0.368 e. The standard InChI is InChI=1S/C14H22N2/c1-9(2)16-8-12(11(4)15)14-10(3)6-5-7-13(14)16/h5-7,9,11-12H,8,15H2,1-4H3. The molecule has 16 heavy (non-hydrogen) atoms. The van der Waals surface area contributed by atoms with Crippen LogP contribution in [0.4, 0.5) is 5.69 Å². The molecule has 0 fully saturated rings. The summed E-state index contributed by atoms with van der Waals surface area (Å²) in [5.74, 6) is 0.485. The SMILES string of the molecule is Cc1cccc2c1C(C(C)N)CN2C(C)C. The van der Waals surface area contributed by atoms with Crippen molar-refractivity contribution in [1.82, 2.24) is 0 Å². The normalized spacial score (nSPS) is 21.4. The molecule has 0 radical (unpaired) electrons. The second-order valence-corrected chi connectivity index (χ2v) is 5.22. The summed E-state index contributed by atoms with van der Waals surface area (Å²) in [6.45, 7) is 9.86. The highest BCUT2D eigenvalue weighted by molar-refractivity contribution is 5.63. The van der Waals surface area contributed by atoms with Crippen molar-refractivity contribution in [2.45, 2.75) is 45.7 Å². The van der Waals surface area contributed by atoms with Crippen LogP contribution in [0.15, 0.2) is 18.2 Å². The van der Waals surface area contributed by atoms with E-state index in [2.05, 4.69) is 50.8 Å². The van der Waals surface area contributed by atoms with Gasteiger partial charge in [0.05, 0.1) is 0 Å². The van der Waals surface area contributed by atoms with E-state index in [0.29, 0.717) is 12.0 Å². The molecule has 0 aromatic heterocycles. The maximum absolute atomic E-state index is 6.12. The first-order valence-corrected chi connectivity index (χ1v) is 6.14. The minimum absolute atomic E-state index is 0.226. The van der Waals surface area contributed by atoms with E-state index < -0.39 is 0 Å². The Balaban J connectivity index is 2.49. The molecule has 88 valence electrons. The van der Waals surface area contributed by atoms with Crippen LogP contribution in [-0.4, -0.2) is 18.6 Å². The zero-order valence-electron chi connectivity index (χ0n) is 10.7. The number of benzene rings is 1. The third kappa shape index (κ3) is 1.71. The lowest BCUT2D eigenvalue weighted by atomic mass is 9.92. The van der Waals surface area contributed by atoms with Crippen LogP contribution in [0.2, 0.25) is 0 Å². The molecule has 0 spiro atoms. The predicted molar refractivity (Wildman–Crippen MR) is 70.1 cm³/mol. The number of hydrogen-bond donors (Lipinski definition) is 1. The first kappa shape index (κ1) is 11.5. The van der Waals surface area contributed by atoms with Gasteiger partial charge in [-0.25, -0.2) is 0 Å². The van der Waals surface area contributed by atoms with E-state index in [4.69, 9.17) is 5.73 Å². The fraction of sp³-hybridized carbons (Fsp3) is 0.571. The summed E-state index contributed by atoms with van der Waals surface area (Å²) in [5.41, 5.74) is 10.3. The summed E-state index contributed by atoms with van der Waals surface area (Å²) in [6.07, 6.45) is 0. The van der Waals surface area contributed by atoms with Gasteiger partial charge in [0.15, 0.2) is 0 Å². The number of aryl methyl sites for hydroxylation is 1. The van der Waals surface area contributed by atoms with Gasteiger partial charge in [0.1, 0.15) is 0 Å². The van der Waals surface area contributed by atoms with Crippen LogP contribution < -0.4 is 10.6 Å². The average Bonchev–Trinajstić information content (AvgIpc) is 2.58. The first-order chi connectivity index (χ1) is 7.52.